The second-order valence-electron chi connectivity index (χ2n) is 18.0. The molecule has 1 unspecified atom stereocenters. The first kappa shape index (κ1) is 57.0. The molecule has 22 nitrogen and oxygen atoms in total. The Hall–Kier alpha value is -4.12. The first-order valence-corrected chi connectivity index (χ1v) is 24.3. The van der Waals surface area contributed by atoms with Crippen LogP contribution in [0, 0.1) is 11.8 Å². The molecule has 6 atom stereocenters. The molecule has 2 rings (SSSR count). The fraction of sp³-hybridized carbons (Fsp3) is 0.756. The van der Waals surface area contributed by atoms with E-state index in [-0.39, 0.29) is 43.6 Å². The number of aromatic amines is 1. The van der Waals surface area contributed by atoms with E-state index < -0.39 is 97.2 Å². The number of hydrogen-bond donors (Lipinski definition) is 11. The van der Waals surface area contributed by atoms with Crippen molar-refractivity contribution in [3.8, 4) is 0 Å². The van der Waals surface area contributed by atoms with Crippen molar-refractivity contribution in [2.45, 2.75) is 141 Å². The molecule has 1 aliphatic heterocycles. The van der Waals surface area contributed by atoms with Crippen LogP contribution >= 0.6 is 20.2 Å². The van der Waals surface area contributed by atoms with E-state index in [9.17, 15) is 53.0 Å². The SMILES string of the molecule is CC(C)C[C@H](NC(=O)[C@@H]1CCCN1C(=O)CCOC(C)(C)CCOC(C)(C)CCNC(=O)CCS)C(=O)N[C@@H](Cc1cnc[nH]1)C(=O)N[C@@H](CO)C(=O)N[C@H](C(N)=O)C(C)CP(=O)(O)O. The third-order valence-corrected chi connectivity index (χ3v) is 12.0. The van der Waals surface area contributed by atoms with Crippen LogP contribution in [-0.4, -0.2) is 157 Å². The number of aliphatic hydroxyl groups is 1. The largest absolute Gasteiger partial charge is 0.394 e. The smallest absolute Gasteiger partial charge is 0.325 e. The van der Waals surface area contributed by atoms with Crippen LogP contribution in [0.1, 0.15) is 99.1 Å². The molecule has 0 aliphatic carbocycles. The molecule has 1 aromatic rings. The minimum Gasteiger partial charge on any atom is -0.394 e. The van der Waals surface area contributed by atoms with Crippen LogP contribution in [-0.2, 0) is 54.0 Å². The Kier molecular flexibility index (Phi) is 23.6. The van der Waals surface area contributed by atoms with Crippen LogP contribution in [0.25, 0.3) is 0 Å². The number of nitrogens with one attached hydrogen (secondary N) is 6. The molecule has 0 spiro atoms. The number of rotatable bonds is 30. The van der Waals surface area contributed by atoms with Crippen LogP contribution in [0.3, 0.4) is 0 Å². The normalized spacial score (nSPS) is 16.8. The van der Waals surface area contributed by atoms with Gasteiger partial charge in [-0.3, -0.25) is 38.1 Å². The third kappa shape index (κ3) is 21.4. The zero-order valence-corrected chi connectivity index (χ0v) is 40.4. The number of H-pyrrole nitrogens is 1. The molecule has 370 valence electrons. The van der Waals surface area contributed by atoms with Crippen LogP contribution in [0.5, 0.6) is 0 Å². The number of amides is 7. The molecule has 1 fully saturated rings. The van der Waals surface area contributed by atoms with E-state index >= 15 is 0 Å². The molecule has 0 bridgehead atoms. The second-order valence-corrected chi connectivity index (χ2v) is 20.2. The minimum atomic E-state index is -4.61. The summed E-state index contributed by atoms with van der Waals surface area (Å²) < 4.78 is 23.7. The highest BCUT2D eigenvalue weighted by Crippen LogP contribution is 2.37. The maximum atomic E-state index is 13.9. The molecule has 24 heteroatoms. The van der Waals surface area contributed by atoms with Crippen molar-refractivity contribution in [2.24, 2.45) is 17.6 Å². The molecule has 2 heterocycles. The number of nitrogens with two attached hydrogens (primary N) is 1. The summed E-state index contributed by atoms with van der Waals surface area (Å²) in [5, 5.41) is 22.9. The Morgan fingerprint density at radius 2 is 1.54 bits per heavy atom. The molecule has 1 saturated heterocycles. The number of nitrogens with zero attached hydrogens (tertiary/aromatic N) is 2. The van der Waals surface area contributed by atoms with Gasteiger partial charge in [-0.05, 0) is 77.4 Å². The zero-order valence-electron chi connectivity index (χ0n) is 38.6. The zero-order chi connectivity index (χ0) is 49.1. The molecule has 0 radical (unpaired) electrons. The van der Waals surface area contributed by atoms with Gasteiger partial charge in [0.2, 0.25) is 41.4 Å². The molecule has 1 aliphatic rings. The lowest BCUT2D eigenvalue weighted by Gasteiger charge is -2.30. The second kappa shape index (κ2) is 26.9. The van der Waals surface area contributed by atoms with Gasteiger partial charge in [0.15, 0.2) is 0 Å². The monoisotopic (exact) mass is 961 g/mol. The minimum absolute atomic E-state index is 0.00825. The van der Waals surface area contributed by atoms with Crippen LogP contribution in [0.2, 0.25) is 0 Å². The van der Waals surface area contributed by atoms with Gasteiger partial charge >= 0.3 is 7.60 Å². The number of carbonyl (C=O) groups excluding carboxylic acids is 7. The van der Waals surface area contributed by atoms with Crippen molar-refractivity contribution in [1.29, 1.82) is 0 Å². The highest BCUT2D eigenvalue weighted by Gasteiger charge is 2.38. The van der Waals surface area contributed by atoms with Crippen molar-refractivity contribution in [1.82, 2.24) is 41.5 Å². The lowest BCUT2D eigenvalue weighted by atomic mass is 10.0. The average Bonchev–Trinajstić information content (AvgIpc) is 3.90. The number of imidazole rings is 1. The topological polar surface area (TPSA) is 334 Å². The maximum Gasteiger partial charge on any atom is 0.325 e. The van der Waals surface area contributed by atoms with Gasteiger partial charge < -0.3 is 66.6 Å². The number of likely N-dealkylation sites (tertiary alicyclic amines) is 1. The fourth-order valence-corrected chi connectivity index (χ4v) is 8.23. The number of primary amides is 1. The van der Waals surface area contributed by atoms with Gasteiger partial charge in [-0.2, -0.15) is 12.6 Å². The molecular weight excluding hydrogens is 890 g/mol. The fourth-order valence-electron chi connectivity index (χ4n) is 7.07. The molecule has 1 aromatic heterocycles. The van der Waals surface area contributed by atoms with E-state index in [1.807, 2.05) is 41.5 Å². The summed E-state index contributed by atoms with van der Waals surface area (Å²) in [5.41, 5.74) is 4.68. The van der Waals surface area contributed by atoms with E-state index in [0.717, 1.165) is 0 Å². The highest BCUT2D eigenvalue weighted by atomic mass is 32.1. The van der Waals surface area contributed by atoms with Crippen molar-refractivity contribution in [3.63, 3.8) is 0 Å². The predicted molar refractivity (Wildman–Crippen MR) is 242 cm³/mol. The van der Waals surface area contributed by atoms with E-state index in [4.69, 9.17) is 15.2 Å². The standard InChI is InChI=1S/C41H72N9O13PS/c1-25(2)19-28(36(55)46-29(20-27-21-43-24-45-27)37(56)48-30(22-51)38(57)49-34(35(42)54)26(3)23-64(59,60)61)47-39(58)31-9-8-15-50(31)33(53)10-16-62-41(6,7)13-17-63-40(4,5)12-14-44-32(52)11-18-65/h21,24-26,28-31,34,51,65H,8-20,22-23H2,1-7H3,(H2,42,54)(H,43,45)(H,44,52)(H,46,55)(H,47,58)(H,48,56)(H,49,57)(H2,59,60,61)/t26?,28-,29-,30-,31-,34-/m0/s1. The maximum absolute atomic E-state index is 13.9. The quantitative estimate of drug-likeness (QED) is 0.0340. The van der Waals surface area contributed by atoms with Gasteiger partial charge in [0, 0.05) is 37.8 Å². The van der Waals surface area contributed by atoms with Crippen LogP contribution in [0.4, 0.5) is 0 Å². The summed E-state index contributed by atoms with van der Waals surface area (Å²) in [6.45, 7) is 12.9. The lowest BCUT2D eigenvalue weighted by Crippen LogP contribution is -2.60. The third-order valence-electron chi connectivity index (χ3n) is 10.7. The Balaban J connectivity index is 2.08. The summed E-state index contributed by atoms with van der Waals surface area (Å²) in [6.07, 6.45) is 4.36. The van der Waals surface area contributed by atoms with Crippen molar-refractivity contribution >= 4 is 61.6 Å². The Morgan fingerprint density at radius 3 is 2.12 bits per heavy atom. The number of ether oxygens (including phenoxy) is 2. The van der Waals surface area contributed by atoms with Gasteiger partial charge in [0.05, 0.1) is 49.9 Å². The molecule has 11 N–H and O–H groups in total. The van der Waals surface area contributed by atoms with Gasteiger partial charge in [-0.15, -0.1) is 0 Å². The number of carbonyl (C=O) groups is 7. The first-order chi connectivity index (χ1) is 30.3. The number of aliphatic hydroxyl groups excluding tert-OH is 1. The van der Waals surface area contributed by atoms with Crippen molar-refractivity contribution < 1.29 is 62.5 Å². The van der Waals surface area contributed by atoms with E-state index in [1.54, 1.807) is 0 Å². The molecule has 7 amide bonds. The average molecular weight is 962 g/mol. The van der Waals surface area contributed by atoms with Crippen molar-refractivity contribution in [2.75, 3.05) is 44.8 Å². The lowest BCUT2D eigenvalue weighted by molar-refractivity contribution is -0.141. The molecular formula is C41H72N9O13PS. The number of thiol groups is 1. The summed E-state index contributed by atoms with van der Waals surface area (Å²) >= 11 is 4.07. The number of aromatic nitrogens is 2. The highest BCUT2D eigenvalue weighted by molar-refractivity contribution is 7.80. The summed E-state index contributed by atoms with van der Waals surface area (Å²) in [7, 11) is -4.61. The van der Waals surface area contributed by atoms with Gasteiger partial charge in [0.1, 0.15) is 30.2 Å². The molecule has 0 saturated carbocycles. The van der Waals surface area contributed by atoms with E-state index in [2.05, 4.69) is 49.2 Å². The van der Waals surface area contributed by atoms with Crippen molar-refractivity contribution in [3.05, 3.63) is 18.2 Å². The van der Waals surface area contributed by atoms with Gasteiger partial charge in [-0.1, -0.05) is 20.8 Å². The van der Waals surface area contributed by atoms with Gasteiger partial charge in [0.25, 0.3) is 0 Å². The summed E-state index contributed by atoms with van der Waals surface area (Å²) in [5.74, 6) is -5.54. The van der Waals surface area contributed by atoms with E-state index in [0.29, 0.717) is 63.2 Å². The first-order valence-electron chi connectivity index (χ1n) is 21.9. The Morgan fingerprint density at radius 1 is 0.923 bits per heavy atom. The number of hydrogen-bond acceptors (Lipinski definition) is 13. The predicted octanol–water partition coefficient (Wildman–Crippen LogP) is -0.583. The van der Waals surface area contributed by atoms with Crippen LogP contribution in [0.15, 0.2) is 12.5 Å². The Bertz CT molecular complexity index is 1780. The van der Waals surface area contributed by atoms with Gasteiger partial charge in [-0.25, -0.2) is 4.98 Å². The molecule has 0 aromatic carbocycles. The Labute approximate surface area is 386 Å². The summed E-state index contributed by atoms with van der Waals surface area (Å²) in [4.78, 5) is 119. The van der Waals surface area contributed by atoms with Crippen LogP contribution < -0.4 is 32.3 Å². The molecule has 65 heavy (non-hydrogen) atoms. The van der Waals surface area contributed by atoms with E-state index in [1.165, 1.54) is 24.3 Å². The summed E-state index contributed by atoms with van der Waals surface area (Å²) in [6, 6.07) is -6.67.